The van der Waals surface area contributed by atoms with Gasteiger partial charge in [0.05, 0.1) is 12.0 Å². The average molecular weight is 458 g/mol. The first kappa shape index (κ1) is 22.0. The molecule has 1 aliphatic rings. The fourth-order valence-electron chi connectivity index (χ4n) is 3.46. The van der Waals surface area contributed by atoms with Crippen LogP contribution in [-0.4, -0.2) is 56.0 Å². The number of hydrogen-bond acceptors (Lipinski definition) is 7. The topological polar surface area (TPSA) is 87.7 Å². The van der Waals surface area contributed by atoms with E-state index in [1.54, 1.807) is 7.11 Å². The Hall–Kier alpha value is -3.24. The molecule has 1 aromatic heterocycles. The lowest BCUT2D eigenvalue weighted by Gasteiger charge is -2.34. The van der Waals surface area contributed by atoms with Gasteiger partial charge in [-0.1, -0.05) is 0 Å². The zero-order valence-corrected chi connectivity index (χ0v) is 18.6. The van der Waals surface area contributed by atoms with E-state index in [9.17, 15) is 12.8 Å². The minimum atomic E-state index is -3.67. The third-order valence-electron chi connectivity index (χ3n) is 5.18. The molecule has 1 N–H and O–H groups in total. The predicted octanol–water partition coefficient (Wildman–Crippen LogP) is 3.19. The first-order valence-electron chi connectivity index (χ1n) is 10.1. The molecule has 0 unspecified atom stereocenters. The number of sulfonamides is 1. The molecule has 2 heterocycles. The maximum Gasteiger partial charge on any atom is 0.243 e. The second kappa shape index (κ2) is 9.09. The second-order valence-electron chi connectivity index (χ2n) is 7.39. The van der Waals surface area contributed by atoms with E-state index in [1.165, 1.54) is 16.4 Å². The molecule has 4 rings (SSSR count). The largest absolute Gasteiger partial charge is 0.497 e. The Morgan fingerprint density at radius 1 is 0.969 bits per heavy atom. The minimum absolute atomic E-state index is 0.0881. The van der Waals surface area contributed by atoms with E-state index < -0.39 is 15.8 Å². The van der Waals surface area contributed by atoms with Crippen molar-refractivity contribution in [2.24, 2.45) is 0 Å². The lowest BCUT2D eigenvalue weighted by molar-refractivity contribution is 0.382. The molecule has 0 aliphatic carbocycles. The van der Waals surface area contributed by atoms with Gasteiger partial charge < -0.3 is 15.0 Å². The van der Waals surface area contributed by atoms with Crippen LogP contribution < -0.4 is 15.0 Å². The van der Waals surface area contributed by atoms with Crippen molar-refractivity contribution < 1.29 is 17.5 Å². The summed E-state index contributed by atoms with van der Waals surface area (Å²) in [6, 6.07) is 14.3. The number of piperazine rings is 1. The third kappa shape index (κ3) is 4.81. The van der Waals surface area contributed by atoms with Gasteiger partial charge in [0, 0.05) is 43.6 Å². The highest BCUT2D eigenvalue weighted by Crippen LogP contribution is 2.23. The molecular weight excluding hydrogens is 433 g/mol. The van der Waals surface area contributed by atoms with Crippen LogP contribution in [0.4, 0.5) is 21.8 Å². The first-order valence-corrected chi connectivity index (χ1v) is 11.6. The normalized spacial score (nSPS) is 14.9. The lowest BCUT2D eigenvalue weighted by atomic mass is 10.3. The summed E-state index contributed by atoms with van der Waals surface area (Å²) in [6.07, 6.45) is 0. The molecule has 0 radical (unpaired) electrons. The van der Waals surface area contributed by atoms with E-state index in [-0.39, 0.29) is 18.0 Å². The van der Waals surface area contributed by atoms with Crippen molar-refractivity contribution in [1.29, 1.82) is 0 Å². The number of rotatable bonds is 6. The van der Waals surface area contributed by atoms with Gasteiger partial charge in [-0.15, -0.1) is 0 Å². The summed E-state index contributed by atoms with van der Waals surface area (Å²) in [5.74, 6) is 1.49. The number of hydrogen-bond donors (Lipinski definition) is 1. The van der Waals surface area contributed by atoms with E-state index in [0.29, 0.717) is 24.9 Å². The van der Waals surface area contributed by atoms with Crippen molar-refractivity contribution in [3.05, 3.63) is 66.1 Å². The minimum Gasteiger partial charge on any atom is -0.497 e. The molecule has 0 atom stereocenters. The molecule has 0 amide bonds. The highest BCUT2D eigenvalue weighted by Gasteiger charge is 2.29. The lowest BCUT2D eigenvalue weighted by Crippen LogP contribution is -2.49. The molecule has 1 saturated heterocycles. The Labute approximate surface area is 186 Å². The van der Waals surface area contributed by atoms with Crippen LogP contribution in [0.5, 0.6) is 5.75 Å². The van der Waals surface area contributed by atoms with Gasteiger partial charge in [-0.2, -0.15) is 9.29 Å². The number of benzene rings is 2. The van der Waals surface area contributed by atoms with Gasteiger partial charge in [0.1, 0.15) is 17.4 Å². The molecule has 1 aliphatic heterocycles. The monoisotopic (exact) mass is 457 g/mol. The molecule has 0 spiro atoms. The quantitative estimate of drug-likeness (QED) is 0.608. The van der Waals surface area contributed by atoms with Crippen molar-refractivity contribution in [2.45, 2.75) is 11.8 Å². The van der Waals surface area contributed by atoms with E-state index in [0.717, 1.165) is 29.3 Å². The SMILES string of the molecule is COc1ccc(Nc2cc(C)nc(N3CCN(S(=O)(=O)c4ccc(F)cc4)CC3)n2)cc1. The summed E-state index contributed by atoms with van der Waals surface area (Å²) in [6.45, 7) is 3.37. The van der Waals surface area contributed by atoms with Crippen LogP contribution in [0.3, 0.4) is 0 Å². The van der Waals surface area contributed by atoms with Gasteiger partial charge >= 0.3 is 0 Å². The van der Waals surface area contributed by atoms with Crippen molar-refractivity contribution >= 4 is 27.5 Å². The molecule has 1 fully saturated rings. The molecule has 10 heteroatoms. The van der Waals surface area contributed by atoms with Crippen molar-refractivity contribution in [2.75, 3.05) is 43.5 Å². The van der Waals surface area contributed by atoms with Crippen LogP contribution in [-0.2, 0) is 10.0 Å². The number of aromatic nitrogens is 2. The van der Waals surface area contributed by atoms with Gasteiger partial charge in [-0.25, -0.2) is 17.8 Å². The third-order valence-corrected chi connectivity index (χ3v) is 7.09. The fourth-order valence-corrected chi connectivity index (χ4v) is 4.89. The Kier molecular flexibility index (Phi) is 6.24. The number of anilines is 3. The van der Waals surface area contributed by atoms with Gasteiger partial charge in [0.15, 0.2) is 0 Å². The fraction of sp³-hybridized carbons (Fsp3) is 0.273. The van der Waals surface area contributed by atoms with E-state index in [2.05, 4.69) is 15.3 Å². The molecule has 32 heavy (non-hydrogen) atoms. The molecule has 0 bridgehead atoms. The van der Waals surface area contributed by atoms with E-state index >= 15 is 0 Å². The van der Waals surface area contributed by atoms with Gasteiger partial charge in [0.25, 0.3) is 0 Å². The first-order chi connectivity index (χ1) is 15.3. The number of ether oxygens (including phenoxy) is 1. The molecule has 2 aromatic carbocycles. The van der Waals surface area contributed by atoms with E-state index in [1.807, 2.05) is 42.2 Å². The molecule has 3 aromatic rings. The zero-order valence-electron chi connectivity index (χ0n) is 17.8. The number of aryl methyl sites for hydroxylation is 1. The maximum absolute atomic E-state index is 13.2. The number of nitrogens with one attached hydrogen (secondary N) is 1. The van der Waals surface area contributed by atoms with Gasteiger partial charge in [-0.3, -0.25) is 0 Å². The van der Waals surface area contributed by atoms with Crippen LogP contribution in [0.2, 0.25) is 0 Å². The van der Waals surface area contributed by atoms with Crippen molar-refractivity contribution in [3.8, 4) is 5.75 Å². The Morgan fingerprint density at radius 3 is 2.25 bits per heavy atom. The Bertz CT molecular complexity index is 1180. The zero-order chi connectivity index (χ0) is 22.7. The van der Waals surface area contributed by atoms with Gasteiger partial charge in [-0.05, 0) is 55.5 Å². The van der Waals surface area contributed by atoms with Crippen LogP contribution in [0.25, 0.3) is 0 Å². The average Bonchev–Trinajstić information content (AvgIpc) is 2.79. The number of halogens is 1. The standard InChI is InChI=1S/C22H24FN5O3S/c1-16-15-21(25-18-5-7-19(31-2)8-6-18)26-22(24-16)27-11-13-28(14-12-27)32(29,30)20-9-3-17(23)4-10-20/h3-10,15H,11-14H2,1-2H3,(H,24,25,26). The molecule has 8 nitrogen and oxygen atoms in total. The van der Waals surface area contributed by atoms with E-state index in [4.69, 9.17) is 4.74 Å². The number of nitrogens with zero attached hydrogens (tertiary/aromatic N) is 4. The number of methoxy groups -OCH3 is 1. The summed E-state index contributed by atoms with van der Waals surface area (Å²) in [5.41, 5.74) is 1.66. The Morgan fingerprint density at radius 2 is 1.62 bits per heavy atom. The van der Waals surface area contributed by atoms with Crippen LogP contribution >= 0.6 is 0 Å². The Balaban J connectivity index is 1.45. The second-order valence-corrected chi connectivity index (χ2v) is 9.33. The smallest absolute Gasteiger partial charge is 0.243 e. The summed E-state index contributed by atoms with van der Waals surface area (Å²) >= 11 is 0. The van der Waals surface area contributed by atoms with Crippen LogP contribution in [0.1, 0.15) is 5.69 Å². The predicted molar refractivity (Wildman–Crippen MR) is 120 cm³/mol. The molecular formula is C22H24FN5O3S. The van der Waals surface area contributed by atoms with Crippen LogP contribution in [0, 0.1) is 12.7 Å². The van der Waals surface area contributed by atoms with Crippen molar-refractivity contribution in [1.82, 2.24) is 14.3 Å². The summed E-state index contributed by atoms with van der Waals surface area (Å²) in [7, 11) is -2.05. The summed E-state index contributed by atoms with van der Waals surface area (Å²) < 4.78 is 45.4. The molecule has 168 valence electrons. The maximum atomic E-state index is 13.2. The van der Waals surface area contributed by atoms with Crippen LogP contribution in [0.15, 0.2) is 59.5 Å². The van der Waals surface area contributed by atoms with Gasteiger partial charge in [0.2, 0.25) is 16.0 Å². The van der Waals surface area contributed by atoms with Crippen molar-refractivity contribution in [3.63, 3.8) is 0 Å². The highest BCUT2D eigenvalue weighted by atomic mass is 32.2. The molecule has 0 saturated carbocycles. The summed E-state index contributed by atoms with van der Waals surface area (Å²) in [5, 5.41) is 3.26. The highest BCUT2D eigenvalue weighted by molar-refractivity contribution is 7.89. The summed E-state index contributed by atoms with van der Waals surface area (Å²) in [4.78, 5) is 11.2.